The average molecular weight is 402 g/mol. The number of aromatic nitrogens is 3. The second kappa shape index (κ2) is 7.19. The van der Waals surface area contributed by atoms with Gasteiger partial charge in [0.25, 0.3) is 0 Å². The van der Waals surface area contributed by atoms with Gasteiger partial charge in [-0.1, -0.05) is 47.5 Å². The van der Waals surface area contributed by atoms with Crippen LogP contribution in [-0.4, -0.2) is 19.2 Å². The van der Waals surface area contributed by atoms with Crippen LogP contribution in [0.5, 0.6) is 0 Å². The number of rotatable bonds is 4. The Hall–Kier alpha value is -2.21. The fourth-order valence-electron chi connectivity index (χ4n) is 2.64. The molecule has 4 nitrogen and oxygen atoms in total. The number of pyridine rings is 1. The molecule has 0 saturated carbocycles. The van der Waals surface area contributed by atoms with Gasteiger partial charge in [-0.2, -0.15) is 0 Å². The molecule has 0 saturated heterocycles. The van der Waals surface area contributed by atoms with Gasteiger partial charge in [0.15, 0.2) is 5.82 Å². The van der Waals surface area contributed by atoms with E-state index in [1.165, 1.54) is 0 Å². The minimum absolute atomic E-state index is 0.298. The number of benzene rings is 2. The molecule has 0 radical (unpaired) electrons. The van der Waals surface area contributed by atoms with Crippen molar-refractivity contribution in [3.8, 4) is 11.5 Å². The molecule has 2 heterocycles. The molecule has 0 aliphatic rings. The number of imidazole rings is 1. The molecule has 0 aliphatic heterocycles. The van der Waals surface area contributed by atoms with E-state index in [0.717, 1.165) is 16.8 Å². The van der Waals surface area contributed by atoms with Gasteiger partial charge >= 0.3 is 0 Å². The van der Waals surface area contributed by atoms with Crippen molar-refractivity contribution in [1.29, 1.82) is 0 Å². The number of nitrogens with zero attached hydrogens (tertiary/aromatic N) is 2. The third-order valence-corrected chi connectivity index (χ3v) is 6.13. The molecule has 0 amide bonds. The van der Waals surface area contributed by atoms with E-state index in [0.29, 0.717) is 32.0 Å². The first kappa shape index (κ1) is 17.2. The minimum atomic E-state index is -1.33. The Morgan fingerprint density at radius 2 is 1.81 bits per heavy atom. The Labute approximate surface area is 162 Å². The van der Waals surface area contributed by atoms with Crippen LogP contribution in [-0.2, 0) is 16.6 Å². The molecule has 2 aromatic heterocycles. The highest BCUT2D eigenvalue weighted by Gasteiger charge is 2.15. The van der Waals surface area contributed by atoms with E-state index >= 15 is 0 Å². The second-order valence-corrected chi connectivity index (χ2v) is 7.92. The third kappa shape index (κ3) is 3.38. The number of hydrogen-bond acceptors (Lipinski definition) is 3. The summed E-state index contributed by atoms with van der Waals surface area (Å²) in [6, 6.07) is 16.5. The van der Waals surface area contributed by atoms with Gasteiger partial charge in [-0.25, -0.2) is 4.98 Å². The molecule has 1 unspecified atom stereocenters. The van der Waals surface area contributed by atoms with Crippen molar-refractivity contribution in [3.63, 3.8) is 0 Å². The van der Waals surface area contributed by atoms with Crippen molar-refractivity contribution >= 4 is 45.0 Å². The van der Waals surface area contributed by atoms with Crippen LogP contribution in [0.25, 0.3) is 22.6 Å². The van der Waals surface area contributed by atoms with Crippen LogP contribution in [0.3, 0.4) is 0 Å². The molecular weight excluding hydrogens is 389 g/mol. The van der Waals surface area contributed by atoms with Crippen molar-refractivity contribution in [2.45, 2.75) is 10.6 Å². The Kier molecular flexibility index (Phi) is 4.76. The van der Waals surface area contributed by atoms with Crippen molar-refractivity contribution in [2.24, 2.45) is 0 Å². The first-order chi connectivity index (χ1) is 12.6. The summed E-state index contributed by atoms with van der Waals surface area (Å²) < 4.78 is 12.8. The molecule has 2 aromatic carbocycles. The fraction of sp³-hybridized carbons (Fsp3) is 0.0526. The lowest BCUT2D eigenvalue weighted by atomic mass is 10.2. The van der Waals surface area contributed by atoms with Gasteiger partial charge in [0, 0.05) is 11.2 Å². The second-order valence-electron chi connectivity index (χ2n) is 5.68. The van der Waals surface area contributed by atoms with Gasteiger partial charge < -0.3 is 4.98 Å². The van der Waals surface area contributed by atoms with Gasteiger partial charge in [0.05, 0.1) is 37.5 Å². The van der Waals surface area contributed by atoms with E-state index in [9.17, 15) is 4.21 Å². The van der Waals surface area contributed by atoms with Crippen molar-refractivity contribution in [3.05, 3.63) is 76.4 Å². The predicted octanol–water partition coefficient (Wildman–Crippen LogP) is 5.24. The summed E-state index contributed by atoms with van der Waals surface area (Å²) in [7, 11) is -1.33. The first-order valence-electron chi connectivity index (χ1n) is 7.84. The molecule has 26 heavy (non-hydrogen) atoms. The number of fused-ring (bicyclic) bond motifs is 1. The number of aromatic amines is 1. The maximum atomic E-state index is 12.8. The van der Waals surface area contributed by atoms with E-state index < -0.39 is 10.8 Å². The molecule has 1 atom stereocenters. The zero-order valence-corrected chi connectivity index (χ0v) is 15.8. The minimum Gasteiger partial charge on any atom is -0.337 e. The highest BCUT2D eigenvalue weighted by Crippen LogP contribution is 2.29. The van der Waals surface area contributed by atoms with Gasteiger partial charge in [0.2, 0.25) is 0 Å². The Morgan fingerprint density at radius 3 is 2.58 bits per heavy atom. The van der Waals surface area contributed by atoms with Gasteiger partial charge in [-0.3, -0.25) is 9.19 Å². The molecule has 4 rings (SSSR count). The van der Waals surface area contributed by atoms with Crippen LogP contribution in [0.2, 0.25) is 10.0 Å². The maximum absolute atomic E-state index is 12.8. The zero-order chi connectivity index (χ0) is 18.1. The van der Waals surface area contributed by atoms with E-state index in [-0.39, 0.29) is 0 Å². The molecule has 0 aliphatic carbocycles. The van der Waals surface area contributed by atoms with Crippen LogP contribution in [0.4, 0.5) is 0 Å². The summed E-state index contributed by atoms with van der Waals surface area (Å²) in [6.07, 6.45) is 1.71. The molecule has 1 N–H and O–H groups in total. The lowest BCUT2D eigenvalue weighted by Crippen LogP contribution is -1.98. The molecule has 130 valence electrons. The standard InChI is InChI=1S/C19H13Cl2N3OS/c20-13-6-2-1-5-12(13)11-26(25)18-10-17-16(9-14(18)21)23-19(24-17)15-7-3-4-8-22-15/h1-10H,11H2,(H,23,24). The number of halogens is 2. The average Bonchev–Trinajstić information content (AvgIpc) is 3.06. The van der Waals surface area contributed by atoms with E-state index in [1.807, 2.05) is 36.4 Å². The normalized spacial score (nSPS) is 12.4. The van der Waals surface area contributed by atoms with Crippen LogP contribution in [0.15, 0.2) is 65.7 Å². The monoisotopic (exact) mass is 401 g/mol. The number of nitrogens with one attached hydrogen (secondary N) is 1. The van der Waals surface area contributed by atoms with E-state index in [1.54, 1.807) is 24.4 Å². The highest BCUT2D eigenvalue weighted by molar-refractivity contribution is 7.84. The largest absolute Gasteiger partial charge is 0.337 e. The number of H-pyrrole nitrogens is 1. The van der Waals surface area contributed by atoms with Crippen molar-refractivity contribution in [1.82, 2.24) is 15.0 Å². The summed E-state index contributed by atoms with van der Waals surface area (Å²) in [5.74, 6) is 0.942. The van der Waals surface area contributed by atoms with E-state index in [4.69, 9.17) is 23.2 Å². The van der Waals surface area contributed by atoms with Gasteiger partial charge in [-0.05, 0) is 35.9 Å². The Bertz CT molecular complexity index is 1110. The number of hydrogen-bond donors (Lipinski definition) is 1. The highest BCUT2D eigenvalue weighted by atomic mass is 35.5. The first-order valence-corrected chi connectivity index (χ1v) is 9.92. The Balaban J connectivity index is 1.70. The lowest BCUT2D eigenvalue weighted by molar-refractivity contribution is 0.683. The zero-order valence-electron chi connectivity index (χ0n) is 13.4. The molecule has 7 heteroatoms. The van der Waals surface area contributed by atoms with Crippen LogP contribution in [0, 0.1) is 0 Å². The molecule has 0 bridgehead atoms. The summed E-state index contributed by atoms with van der Waals surface area (Å²) in [5.41, 5.74) is 3.02. The quantitative estimate of drug-likeness (QED) is 0.508. The molecule has 4 aromatic rings. The summed E-state index contributed by atoms with van der Waals surface area (Å²) >= 11 is 12.5. The lowest BCUT2D eigenvalue weighted by Gasteiger charge is -2.06. The predicted molar refractivity (Wildman–Crippen MR) is 106 cm³/mol. The van der Waals surface area contributed by atoms with Crippen molar-refractivity contribution in [2.75, 3.05) is 0 Å². The van der Waals surface area contributed by atoms with Gasteiger partial charge in [-0.15, -0.1) is 0 Å². The summed E-state index contributed by atoms with van der Waals surface area (Å²) in [6.45, 7) is 0. The molecule has 0 spiro atoms. The van der Waals surface area contributed by atoms with Crippen LogP contribution >= 0.6 is 23.2 Å². The van der Waals surface area contributed by atoms with Crippen LogP contribution < -0.4 is 0 Å². The Morgan fingerprint density at radius 1 is 1.00 bits per heavy atom. The topological polar surface area (TPSA) is 58.6 Å². The van der Waals surface area contributed by atoms with E-state index in [2.05, 4.69) is 15.0 Å². The third-order valence-electron chi connectivity index (χ3n) is 3.93. The fourth-order valence-corrected chi connectivity index (χ4v) is 4.56. The van der Waals surface area contributed by atoms with Gasteiger partial charge in [0.1, 0.15) is 5.69 Å². The van der Waals surface area contributed by atoms with Crippen molar-refractivity contribution < 1.29 is 4.21 Å². The summed E-state index contributed by atoms with van der Waals surface area (Å²) in [4.78, 5) is 12.6. The SMILES string of the molecule is O=S(Cc1ccccc1Cl)c1cc2[nH]c(-c3ccccn3)nc2cc1Cl. The maximum Gasteiger partial charge on any atom is 0.157 e. The molecule has 0 fully saturated rings. The molecular formula is C19H13Cl2N3OS. The van der Waals surface area contributed by atoms with Crippen LogP contribution in [0.1, 0.15) is 5.56 Å². The smallest absolute Gasteiger partial charge is 0.157 e. The summed E-state index contributed by atoms with van der Waals surface area (Å²) in [5, 5.41) is 1.01.